The highest BCUT2D eigenvalue weighted by molar-refractivity contribution is 7.09. The van der Waals surface area contributed by atoms with Gasteiger partial charge in [0.25, 0.3) is 0 Å². The molecule has 1 aliphatic rings. The Morgan fingerprint density at radius 1 is 1.41 bits per heavy atom. The van der Waals surface area contributed by atoms with E-state index in [4.69, 9.17) is 0 Å². The van der Waals surface area contributed by atoms with E-state index in [0.29, 0.717) is 12.5 Å². The van der Waals surface area contributed by atoms with E-state index in [2.05, 4.69) is 52.8 Å². The quantitative estimate of drug-likeness (QED) is 0.456. The van der Waals surface area contributed by atoms with Crippen molar-refractivity contribution >= 4 is 17.3 Å². The highest BCUT2D eigenvalue weighted by Gasteiger charge is 2.07. The average Bonchev–Trinajstić information content (AvgIpc) is 3.16. The van der Waals surface area contributed by atoms with Crippen molar-refractivity contribution in [1.29, 1.82) is 0 Å². The third-order valence-electron chi connectivity index (χ3n) is 3.75. The molecule has 2 rings (SSSR count). The SMILES string of the molecule is CCNC(=NCc1nc(C(C)C)cs1)NCCC1=CCCC1. The van der Waals surface area contributed by atoms with Crippen molar-refractivity contribution in [2.45, 2.75) is 58.9 Å². The molecule has 1 heterocycles. The van der Waals surface area contributed by atoms with Gasteiger partial charge in [0.15, 0.2) is 5.96 Å². The van der Waals surface area contributed by atoms with Crippen LogP contribution in [0.15, 0.2) is 22.0 Å². The van der Waals surface area contributed by atoms with E-state index in [0.717, 1.165) is 30.5 Å². The van der Waals surface area contributed by atoms with Crippen LogP contribution in [0.5, 0.6) is 0 Å². The van der Waals surface area contributed by atoms with Gasteiger partial charge in [0.05, 0.1) is 12.2 Å². The average molecular weight is 321 g/mol. The van der Waals surface area contributed by atoms with Crippen LogP contribution in [0, 0.1) is 0 Å². The molecule has 2 N–H and O–H groups in total. The molecule has 1 aromatic rings. The number of nitrogens with one attached hydrogen (secondary N) is 2. The van der Waals surface area contributed by atoms with Crippen molar-refractivity contribution < 1.29 is 0 Å². The molecule has 0 atom stereocenters. The third kappa shape index (κ3) is 5.44. The molecule has 0 aliphatic heterocycles. The van der Waals surface area contributed by atoms with Gasteiger partial charge in [-0.1, -0.05) is 25.5 Å². The number of thiazole rings is 1. The summed E-state index contributed by atoms with van der Waals surface area (Å²) in [6.07, 6.45) is 7.36. The fourth-order valence-electron chi connectivity index (χ4n) is 2.46. The number of hydrogen-bond acceptors (Lipinski definition) is 3. The topological polar surface area (TPSA) is 49.3 Å². The molecule has 0 saturated heterocycles. The zero-order valence-corrected chi connectivity index (χ0v) is 14.8. The minimum Gasteiger partial charge on any atom is -0.357 e. The van der Waals surface area contributed by atoms with E-state index in [1.807, 2.05) is 0 Å². The summed E-state index contributed by atoms with van der Waals surface area (Å²) >= 11 is 1.70. The number of rotatable bonds is 7. The molecule has 0 amide bonds. The summed E-state index contributed by atoms with van der Waals surface area (Å²) in [5, 5.41) is 9.95. The molecule has 0 unspecified atom stereocenters. The van der Waals surface area contributed by atoms with Gasteiger partial charge in [0.1, 0.15) is 5.01 Å². The van der Waals surface area contributed by atoms with Gasteiger partial charge in [-0.25, -0.2) is 9.98 Å². The molecule has 1 aromatic heterocycles. The number of hydrogen-bond donors (Lipinski definition) is 2. The van der Waals surface area contributed by atoms with Crippen molar-refractivity contribution in [3.8, 4) is 0 Å². The number of nitrogens with zero attached hydrogens (tertiary/aromatic N) is 2. The molecule has 0 radical (unpaired) electrons. The fraction of sp³-hybridized carbons (Fsp3) is 0.647. The minimum absolute atomic E-state index is 0.486. The first-order valence-corrected chi connectivity index (χ1v) is 9.21. The van der Waals surface area contributed by atoms with Crippen LogP contribution in [0.25, 0.3) is 0 Å². The molecule has 0 aromatic carbocycles. The first-order valence-electron chi connectivity index (χ1n) is 8.33. The van der Waals surface area contributed by atoms with Crippen LogP contribution in [0.1, 0.15) is 63.1 Å². The van der Waals surface area contributed by atoms with Gasteiger partial charge in [0, 0.05) is 18.5 Å². The van der Waals surface area contributed by atoms with Crippen LogP contribution in [0.3, 0.4) is 0 Å². The Morgan fingerprint density at radius 3 is 2.91 bits per heavy atom. The molecule has 122 valence electrons. The molecular formula is C17H28N4S. The number of aliphatic imine (C=N–C) groups is 1. The standard InChI is InChI=1S/C17H28N4S/c1-4-18-17(19-10-9-14-7-5-6-8-14)20-11-16-21-15(12-22-16)13(2)3/h7,12-13H,4-6,8-11H2,1-3H3,(H2,18,19,20). The highest BCUT2D eigenvalue weighted by Crippen LogP contribution is 2.20. The molecule has 1 aliphatic carbocycles. The van der Waals surface area contributed by atoms with E-state index in [-0.39, 0.29) is 0 Å². The van der Waals surface area contributed by atoms with Crippen molar-refractivity contribution in [2.24, 2.45) is 4.99 Å². The Kier molecular flexibility index (Phi) is 6.90. The normalized spacial score (nSPS) is 15.3. The summed E-state index contributed by atoms with van der Waals surface area (Å²) in [6, 6.07) is 0. The van der Waals surface area contributed by atoms with Crippen LogP contribution >= 0.6 is 11.3 Å². The maximum absolute atomic E-state index is 4.64. The second-order valence-electron chi connectivity index (χ2n) is 5.95. The molecule has 4 nitrogen and oxygen atoms in total. The van der Waals surface area contributed by atoms with E-state index in [9.17, 15) is 0 Å². The van der Waals surface area contributed by atoms with Gasteiger partial charge in [-0.15, -0.1) is 11.3 Å². The Hall–Kier alpha value is -1.36. The summed E-state index contributed by atoms with van der Waals surface area (Å²) in [5.41, 5.74) is 2.76. The molecular weight excluding hydrogens is 292 g/mol. The lowest BCUT2D eigenvalue weighted by molar-refractivity contribution is 0.773. The second-order valence-corrected chi connectivity index (χ2v) is 6.89. The van der Waals surface area contributed by atoms with Gasteiger partial charge < -0.3 is 10.6 Å². The minimum atomic E-state index is 0.486. The largest absolute Gasteiger partial charge is 0.357 e. The Labute approximate surface area is 138 Å². The Bertz CT molecular complexity index is 516. The summed E-state index contributed by atoms with van der Waals surface area (Å²) in [5.74, 6) is 1.38. The zero-order valence-electron chi connectivity index (χ0n) is 14.0. The van der Waals surface area contributed by atoms with Crippen LogP contribution in [-0.4, -0.2) is 24.0 Å². The van der Waals surface area contributed by atoms with Gasteiger partial charge in [-0.2, -0.15) is 0 Å². The lowest BCUT2D eigenvalue weighted by Crippen LogP contribution is -2.37. The Balaban J connectivity index is 1.82. The monoisotopic (exact) mass is 320 g/mol. The summed E-state index contributed by atoms with van der Waals surface area (Å²) in [4.78, 5) is 9.28. The smallest absolute Gasteiger partial charge is 0.191 e. The van der Waals surface area contributed by atoms with Crippen molar-refractivity contribution in [1.82, 2.24) is 15.6 Å². The third-order valence-corrected chi connectivity index (χ3v) is 4.60. The summed E-state index contributed by atoms with van der Waals surface area (Å²) in [7, 11) is 0. The lowest BCUT2D eigenvalue weighted by Gasteiger charge is -2.11. The molecule has 0 fully saturated rings. The number of aromatic nitrogens is 1. The maximum Gasteiger partial charge on any atom is 0.191 e. The maximum atomic E-state index is 4.64. The van der Waals surface area contributed by atoms with E-state index in [1.165, 1.54) is 25.0 Å². The van der Waals surface area contributed by atoms with Gasteiger partial charge in [-0.05, 0) is 38.5 Å². The van der Waals surface area contributed by atoms with Gasteiger partial charge in [-0.3, -0.25) is 0 Å². The zero-order chi connectivity index (χ0) is 15.8. The van der Waals surface area contributed by atoms with E-state index >= 15 is 0 Å². The first-order chi connectivity index (χ1) is 10.7. The van der Waals surface area contributed by atoms with Gasteiger partial charge >= 0.3 is 0 Å². The second kappa shape index (κ2) is 8.93. The van der Waals surface area contributed by atoms with Crippen molar-refractivity contribution in [2.75, 3.05) is 13.1 Å². The number of guanidine groups is 1. The van der Waals surface area contributed by atoms with Crippen LogP contribution in [0.4, 0.5) is 0 Å². The Morgan fingerprint density at radius 2 is 2.27 bits per heavy atom. The predicted octanol–water partition coefficient (Wildman–Crippen LogP) is 3.82. The van der Waals surface area contributed by atoms with E-state index in [1.54, 1.807) is 16.9 Å². The van der Waals surface area contributed by atoms with Crippen LogP contribution in [0.2, 0.25) is 0 Å². The highest BCUT2D eigenvalue weighted by atomic mass is 32.1. The summed E-state index contributed by atoms with van der Waals surface area (Å²) < 4.78 is 0. The molecule has 22 heavy (non-hydrogen) atoms. The first kappa shape index (κ1) is 17.0. The molecule has 0 bridgehead atoms. The molecule has 5 heteroatoms. The fourth-order valence-corrected chi connectivity index (χ4v) is 3.34. The molecule has 0 saturated carbocycles. The van der Waals surface area contributed by atoms with Crippen molar-refractivity contribution in [3.05, 3.63) is 27.7 Å². The van der Waals surface area contributed by atoms with E-state index < -0.39 is 0 Å². The molecule has 0 spiro atoms. The van der Waals surface area contributed by atoms with Gasteiger partial charge in [0.2, 0.25) is 0 Å². The lowest BCUT2D eigenvalue weighted by atomic mass is 10.2. The van der Waals surface area contributed by atoms with Crippen LogP contribution in [-0.2, 0) is 6.54 Å². The van der Waals surface area contributed by atoms with Crippen LogP contribution < -0.4 is 10.6 Å². The predicted molar refractivity (Wildman–Crippen MR) is 95.6 cm³/mol. The number of allylic oxidation sites excluding steroid dienone is 1. The van der Waals surface area contributed by atoms with Crippen molar-refractivity contribution in [3.63, 3.8) is 0 Å². The summed E-state index contributed by atoms with van der Waals surface area (Å²) in [6.45, 7) is 8.92.